The fraction of sp³-hybridized carbons (Fsp3) is 0.158. The number of aliphatic hydroxyl groups is 2. The number of rotatable bonds is 1. The van der Waals surface area contributed by atoms with Crippen LogP contribution in [0.3, 0.4) is 0 Å². The lowest BCUT2D eigenvalue weighted by Crippen LogP contribution is -1.99. The van der Waals surface area contributed by atoms with Crippen LogP contribution in [0.4, 0.5) is 0 Å². The monoisotopic (exact) mass is 293 g/mol. The van der Waals surface area contributed by atoms with E-state index in [-0.39, 0.29) is 0 Å². The van der Waals surface area contributed by atoms with Crippen LogP contribution in [0.15, 0.2) is 60.7 Å². The lowest BCUT2D eigenvalue weighted by molar-refractivity contribution is -0.0413. The fourth-order valence-electron chi connectivity index (χ4n) is 2.62. The molecule has 22 heavy (non-hydrogen) atoms. The van der Waals surface area contributed by atoms with E-state index in [0.717, 1.165) is 0 Å². The van der Waals surface area contributed by atoms with Gasteiger partial charge in [0.1, 0.15) is 0 Å². The second-order valence-corrected chi connectivity index (χ2v) is 5.27. The fourth-order valence-corrected chi connectivity index (χ4v) is 2.62. The highest BCUT2D eigenvalue weighted by Gasteiger charge is 2.06. The van der Waals surface area contributed by atoms with Crippen molar-refractivity contribution in [1.82, 2.24) is 4.98 Å². The van der Waals surface area contributed by atoms with Gasteiger partial charge in [0.25, 0.3) is 0 Å². The van der Waals surface area contributed by atoms with Gasteiger partial charge in [0.05, 0.1) is 0 Å². The van der Waals surface area contributed by atoms with E-state index in [1.165, 1.54) is 32.6 Å². The van der Waals surface area contributed by atoms with Gasteiger partial charge >= 0.3 is 0 Å². The predicted molar refractivity (Wildman–Crippen MR) is 91.8 cm³/mol. The Bertz CT molecular complexity index is 903. The van der Waals surface area contributed by atoms with Crippen molar-refractivity contribution in [2.75, 3.05) is 0 Å². The number of fused-ring (bicyclic) bond motifs is 5. The molecule has 0 fully saturated rings. The Kier molecular flexibility index (Phi) is 4.09. The van der Waals surface area contributed by atoms with Crippen LogP contribution in [0.2, 0.25) is 0 Å². The highest BCUT2D eigenvalue weighted by molar-refractivity contribution is 6.20. The third-order valence-corrected chi connectivity index (χ3v) is 3.76. The molecule has 0 amide bonds. The number of H-pyrrole nitrogens is 1. The van der Waals surface area contributed by atoms with E-state index in [1.54, 1.807) is 6.92 Å². The molecule has 0 saturated heterocycles. The number of aliphatic hydroxyl groups excluding tert-OH is 1. The zero-order chi connectivity index (χ0) is 15.5. The van der Waals surface area contributed by atoms with E-state index in [0.29, 0.717) is 6.42 Å². The maximum absolute atomic E-state index is 7.92. The van der Waals surface area contributed by atoms with Crippen LogP contribution in [0.1, 0.15) is 13.3 Å². The summed E-state index contributed by atoms with van der Waals surface area (Å²) >= 11 is 0. The van der Waals surface area contributed by atoms with Crippen molar-refractivity contribution >= 4 is 32.6 Å². The molecule has 3 heteroatoms. The highest BCUT2D eigenvalue weighted by Crippen LogP contribution is 2.31. The van der Waals surface area contributed by atoms with Crippen LogP contribution in [0.25, 0.3) is 32.6 Å². The van der Waals surface area contributed by atoms with E-state index < -0.39 is 6.29 Å². The van der Waals surface area contributed by atoms with Crippen molar-refractivity contribution in [1.29, 1.82) is 0 Å². The minimum atomic E-state index is -1.12. The molecule has 3 N–H and O–H groups in total. The van der Waals surface area contributed by atoms with E-state index in [1.807, 2.05) is 0 Å². The largest absolute Gasteiger partial charge is 0.368 e. The maximum atomic E-state index is 7.92. The first-order valence-corrected chi connectivity index (χ1v) is 7.45. The number of para-hydroxylation sites is 1. The molecule has 0 unspecified atom stereocenters. The van der Waals surface area contributed by atoms with Gasteiger partial charge in [-0.2, -0.15) is 0 Å². The Morgan fingerprint density at radius 3 is 2.18 bits per heavy atom. The summed E-state index contributed by atoms with van der Waals surface area (Å²) in [4.78, 5) is 3.47. The molecule has 0 radical (unpaired) electrons. The van der Waals surface area contributed by atoms with Gasteiger partial charge in [-0.1, -0.05) is 55.5 Å². The molecule has 0 aliphatic carbocycles. The van der Waals surface area contributed by atoms with Gasteiger partial charge in [0.2, 0.25) is 0 Å². The van der Waals surface area contributed by atoms with Crippen LogP contribution >= 0.6 is 0 Å². The average Bonchev–Trinajstić information content (AvgIpc) is 2.94. The summed E-state index contributed by atoms with van der Waals surface area (Å²) in [6.45, 7) is 1.70. The Morgan fingerprint density at radius 2 is 1.45 bits per heavy atom. The lowest BCUT2D eigenvalue weighted by atomic mass is 10.0. The van der Waals surface area contributed by atoms with Crippen molar-refractivity contribution in [3.63, 3.8) is 0 Å². The highest BCUT2D eigenvalue weighted by atomic mass is 16.5. The smallest absolute Gasteiger partial charge is 0.151 e. The van der Waals surface area contributed by atoms with Crippen molar-refractivity contribution in [3.8, 4) is 0 Å². The van der Waals surface area contributed by atoms with E-state index >= 15 is 0 Å². The number of aromatic nitrogens is 1. The second-order valence-electron chi connectivity index (χ2n) is 5.27. The average molecular weight is 293 g/mol. The quantitative estimate of drug-likeness (QED) is 0.461. The van der Waals surface area contributed by atoms with Crippen LogP contribution in [0.5, 0.6) is 0 Å². The molecule has 0 aliphatic rings. The number of aromatic amines is 1. The van der Waals surface area contributed by atoms with E-state index in [2.05, 4.69) is 65.6 Å². The first-order valence-electron chi connectivity index (χ1n) is 7.45. The summed E-state index contributed by atoms with van der Waals surface area (Å²) in [6.07, 6.45) is -0.699. The van der Waals surface area contributed by atoms with Gasteiger partial charge < -0.3 is 15.2 Å². The van der Waals surface area contributed by atoms with Crippen molar-refractivity contribution in [2.45, 2.75) is 19.6 Å². The van der Waals surface area contributed by atoms with Gasteiger partial charge in [0, 0.05) is 21.8 Å². The van der Waals surface area contributed by atoms with Crippen molar-refractivity contribution in [2.24, 2.45) is 0 Å². The van der Waals surface area contributed by atoms with Gasteiger partial charge in [-0.3, -0.25) is 0 Å². The summed E-state index contributed by atoms with van der Waals surface area (Å²) in [7, 11) is 0. The molecule has 4 aromatic rings. The number of hydrogen-bond donors (Lipinski definition) is 3. The Hall–Kier alpha value is -2.36. The molecule has 1 aromatic heterocycles. The van der Waals surface area contributed by atoms with Gasteiger partial charge in [-0.25, -0.2) is 0 Å². The Morgan fingerprint density at radius 1 is 0.818 bits per heavy atom. The summed E-state index contributed by atoms with van der Waals surface area (Å²) < 4.78 is 0. The molecular formula is C19H19NO2. The predicted octanol–water partition coefficient (Wildman–Crippen LogP) is 4.18. The van der Waals surface area contributed by atoms with Crippen molar-refractivity contribution in [3.05, 3.63) is 60.7 Å². The SMILES string of the molecule is CCC(O)O.c1ccc2c(c1)ccc1[nH]c3ccccc3c12. The molecule has 0 spiro atoms. The third kappa shape index (κ3) is 2.69. The molecule has 1 heterocycles. The van der Waals surface area contributed by atoms with E-state index in [9.17, 15) is 0 Å². The molecule has 4 rings (SSSR count). The number of nitrogens with one attached hydrogen (secondary N) is 1. The molecule has 0 bridgehead atoms. The Balaban J connectivity index is 0.000000254. The molecular weight excluding hydrogens is 274 g/mol. The molecule has 3 aromatic carbocycles. The topological polar surface area (TPSA) is 56.2 Å². The molecule has 0 aliphatic heterocycles. The minimum Gasteiger partial charge on any atom is -0.368 e. The van der Waals surface area contributed by atoms with Crippen LogP contribution in [-0.2, 0) is 0 Å². The maximum Gasteiger partial charge on any atom is 0.151 e. The van der Waals surface area contributed by atoms with Gasteiger partial charge in [0.15, 0.2) is 6.29 Å². The number of benzene rings is 3. The zero-order valence-electron chi connectivity index (χ0n) is 12.5. The molecule has 3 nitrogen and oxygen atoms in total. The zero-order valence-corrected chi connectivity index (χ0v) is 12.5. The van der Waals surface area contributed by atoms with Crippen molar-refractivity contribution < 1.29 is 10.2 Å². The third-order valence-electron chi connectivity index (χ3n) is 3.76. The van der Waals surface area contributed by atoms with Crippen LogP contribution in [0, 0.1) is 0 Å². The van der Waals surface area contributed by atoms with Crippen LogP contribution in [-0.4, -0.2) is 21.5 Å². The first kappa shape index (κ1) is 14.6. The lowest BCUT2D eigenvalue weighted by Gasteiger charge is -1.99. The van der Waals surface area contributed by atoms with Crippen LogP contribution < -0.4 is 0 Å². The normalized spacial score (nSPS) is 11.1. The van der Waals surface area contributed by atoms with Gasteiger partial charge in [-0.05, 0) is 29.3 Å². The molecule has 0 atom stereocenters. The standard InChI is InChI=1S/C16H11N.C3H8O2/c1-2-6-12-11(5-1)9-10-15-16(12)13-7-3-4-8-14(13)17-15;1-2-3(4)5/h1-10,17H;3-5H,2H2,1H3. The summed E-state index contributed by atoms with van der Waals surface area (Å²) in [5.41, 5.74) is 2.42. The summed E-state index contributed by atoms with van der Waals surface area (Å²) in [5.74, 6) is 0. The van der Waals surface area contributed by atoms with E-state index in [4.69, 9.17) is 10.2 Å². The molecule has 112 valence electrons. The second kappa shape index (κ2) is 6.18. The molecule has 0 saturated carbocycles. The first-order chi connectivity index (χ1) is 10.7. The Labute approximate surface area is 128 Å². The van der Waals surface area contributed by atoms with Gasteiger partial charge in [-0.15, -0.1) is 0 Å². The summed E-state index contributed by atoms with van der Waals surface area (Å²) in [6, 6.07) is 21.4. The minimum absolute atomic E-state index is 0.417. The summed E-state index contributed by atoms with van der Waals surface area (Å²) in [5, 5.41) is 21.1. The number of hydrogen-bond acceptors (Lipinski definition) is 2.